The summed E-state index contributed by atoms with van der Waals surface area (Å²) in [4.78, 5) is 27.1. The Balaban J connectivity index is 1.80. The fraction of sp³-hybridized carbons (Fsp3) is 0.294. The third kappa shape index (κ3) is 3.97. The molecule has 3 rings (SSSR count). The van der Waals surface area contributed by atoms with Gasteiger partial charge in [-0.15, -0.1) is 0 Å². The predicted molar refractivity (Wildman–Crippen MR) is 97.5 cm³/mol. The second-order valence-electron chi connectivity index (χ2n) is 6.91. The van der Waals surface area contributed by atoms with E-state index in [2.05, 4.69) is 25.3 Å². The molecule has 0 saturated heterocycles. The van der Waals surface area contributed by atoms with Gasteiger partial charge < -0.3 is 15.2 Å². The van der Waals surface area contributed by atoms with Crippen molar-refractivity contribution in [3.8, 4) is 11.4 Å². The van der Waals surface area contributed by atoms with E-state index in [4.69, 9.17) is 11.6 Å². The zero-order valence-corrected chi connectivity index (χ0v) is 15.3. The molecule has 0 aliphatic rings. The van der Waals surface area contributed by atoms with Gasteiger partial charge in [0.15, 0.2) is 0 Å². The molecule has 0 aliphatic carbocycles. The van der Waals surface area contributed by atoms with E-state index in [1.807, 2.05) is 20.8 Å². The smallest absolute Gasteiger partial charge is 0.375 e. The van der Waals surface area contributed by atoms with Crippen LogP contribution in [-0.4, -0.2) is 15.7 Å². The van der Waals surface area contributed by atoms with Crippen molar-refractivity contribution < 1.29 is 13.3 Å². The van der Waals surface area contributed by atoms with E-state index in [0.717, 1.165) is 0 Å². The van der Waals surface area contributed by atoms with Gasteiger partial charge in [0.25, 0.3) is 10.9 Å². The molecule has 0 fully saturated rings. The van der Waals surface area contributed by atoms with E-state index < -0.39 is 22.1 Å². The van der Waals surface area contributed by atoms with Crippen LogP contribution >= 0.6 is 11.6 Å². The van der Waals surface area contributed by atoms with E-state index in [0.29, 0.717) is 11.3 Å². The standard InChI is InChI=1S/C17H15ClF2N4O3/c1-16(2,3)23-11-10(12(25)13(11)26)21-9-6-4-8(5-7-9)14-22-15(27-24-14)17(18,19)20/h4-7,21,23H,1-3H3. The Morgan fingerprint density at radius 2 is 1.63 bits per heavy atom. The van der Waals surface area contributed by atoms with E-state index in [-0.39, 0.29) is 22.7 Å². The van der Waals surface area contributed by atoms with Crippen LogP contribution in [0.15, 0.2) is 38.4 Å². The minimum absolute atomic E-state index is 0.0546. The van der Waals surface area contributed by atoms with Gasteiger partial charge in [0.1, 0.15) is 11.4 Å². The molecule has 0 atom stereocenters. The molecular formula is C17H15ClF2N4O3. The molecule has 0 aliphatic heterocycles. The average Bonchev–Trinajstić information content (AvgIpc) is 3.07. The summed E-state index contributed by atoms with van der Waals surface area (Å²) in [5.41, 5.74) is -0.245. The fourth-order valence-electron chi connectivity index (χ4n) is 2.31. The number of aromatic nitrogens is 2. The van der Waals surface area contributed by atoms with Gasteiger partial charge in [0.05, 0.1) is 0 Å². The Bertz CT molecular complexity index is 1040. The van der Waals surface area contributed by atoms with Gasteiger partial charge in [-0.2, -0.15) is 13.8 Å². The molecule has 3 aromatic rings. The predicted octanol–water partition coefficient (Wildman–Crippen LogP) is 3.57. The van der Waals surface area contributed by atoms with Crippen LogP contribution in [0.5, 0.6) is 0 Å². The Hall–Kier alpha value is -2.81. The molecule has 10 heteroatoms. The first kappa shape index (κ1) is 19.0. The van der Waals surface area contributed by atoms with Crippen molar-refractivity contribution in [3.05, 3.63) is 50.6 Å². The highest BCUT2D eigenvalue weighted by Gasteiger charge is 2.35. The zero-order chi connectivity index (χ0) is 20.0. The van der Waals surface area contributed by atoms with Crippen molar-refractivity contribution >= 4 is 28.7 Å². The molecule has 1 aromatic heterocycles. The molecule has 2 aromatic carbocycles. The molecule has 0 amide bonds. The Morgan fingerprint density at radius 1 is 1.04 bits per heavy atom. The number of anilines is 3. The number of nitrogens with zero attached hydrogens (tertiary/aromatic N) is 2. The third-order valence-corrected chi connectivity index (χ3v) is 3.65. The van der Waals surface area contributed by atoms with Gasteiger partial charge in [0, 0.05) is 16.8 Å². The monoisotopic (exact) mass is 396 g/mol. The second kappa shape index (κ2) is 6.41. The average molecular weight is 397 g/mol. The molecule has 0 saturated carbocycles. The maximum absolute atomic E-state index is 12.9. The number of benzene rings is 1. The minimum Gasteiger partial charge on any atom is -0.375 e. The van der Waals surface area contributed by atoms with Crippen LogP contribution in [0.2, 0.25) is 0 Å². The molecule has 2 N–H and O–H groups in total. The van der Waals surface area contributed by atoms with Crippen molar-refractivity contribution in [3.63, 3.8) is 0 Å². The van der Waals surface area contributed by atoms with Gasteiger partial charge in [-0.05, 0) is 56.6 Å². The van der Waals surface area contributed by atoms with Gasteiger partial charge in [-0.3, -0.25) is 9.59 Å². The number of hydrogen-bond acceptors (Lipinski definition) is 7. The van der Waals surface area contributed by atoms with Crippen LogP contribution in [0.25, 0.3) is 11.4 Å². The Kier molecular flexibility index (Phi) is 4.51. The summed E-state index contributed by atoms with van der Waals surface area (Å²) in [5, 5.41) is 5.58. The lowest BCUT2D eigenvalue weighted by atomic mass is 10.1. The van der Waals surface area contributed by atoms with Gasteiger partial charge >= 0.3 is 11.3 Å². The van der Waals surface area contributed by atoms with E-state index >= 15 is 0 Å². The SMILES string of the molecule is CC(C)(C)Nc1c(Nc2ccc(-c3noc(C(F)(F)Cl)n3)cc2)c(=O)c1=O. The summed E-state index contributed by atoms with van der Waals surface area (Å²) in [6, 6.07) is 6.27. The highest BCUT2D eigenvalue weighted by Crippen LogP contribution is 2.32. The molecule has 0 spiro atoms. The highest BCUT2D eigenvalue weighted by molar-refractivity contribution is 6.21. The first-order chi connectivity index (χ1) is 12.5. The summed E-state index contributed by atoms with van der Waals surface area (Å²) in [6.07, 6.45) is 0. The fourth-order valence-corrected chi connectivity index (χ4v) is 2.38. The Labute approximate surface area is 157 Å². The minimum atomic E-state index is -3.74. The summed E-state index contributed by atoms with van der Waals surface area (Å²) >= 11 is 4.84. The summed E-state index contributed by atoms with van der Waals surface area (Å²) < 4.78 is 30.3. The largest absolute Gasteiger partial charge is 0.400 e. The van der Waals surface area contributed by atoms with Crippen molar-refractivity contribution in [2.75, 3.05) is 10.6 Å². The van der Waals surface area contributed by atoms with Crippen molar-refractivity contribution in [2.24, 2.45) is 0 Å². The quantitative estimate of drug-likeness (QED) is 0.502. The summed E-state index contributed by atoms with van der Waals surface area (Å²) in [6.45, 7) is 5.60. The van der Waals surface area contributed by atoms with Crippen LogP contribution < -0.4 is 21.5 Å². The number of alkyl halides is 3. The molecule has 142 valence electrons. The second-order valence-corrected chi connectivity index (χ2v) is 7.38. The van der Waals surface area contributed by atoms with E-state index in [9.17, 15) is 18.4 Å². The van der Waals surface area contributed by atoms with Crippen molar-refractivity contribution in [1.82, 2.24) is 10.1 Å². The van der Waals surface area contributed by atoms with E-state index in [1.165, 1.54) is 0 Å². The molecule has 0 radical (unpaired) electrons. The number of rotatable bonds is 5. The summed E-state index contributed by atoms with van der Waals surface area (Å²) in [5.74, 6) is -1.05. The van der Waals surface area contributed by atoms with Crippen LogP contribution in [0.1, 0.15) is 26.7 Å². The van der Waals surface area contributed by atoms with Gasteiger partial charge in [-0.1, -0.05) is 5.16 Å². The van der Waals surface area contributed by atoms with Crippen molar-refractivity contribution in [2.45, 2.75) is 31.7 Å². The van der Waals surface area contributed by atoms with Gasteiger partial charge in [-0.25, -0.2) is 0 Å². The van der Waals surface area contributed by atoms with Crippen LogP contribution in [-0.2, 0) is 5.38 Å². The lowest BCUT2D eigenvalue weighted by Crippen LogP contribution is -2.41. The van der Waals surface area contributed by atoms with Crippen LogP contribution in [0, 0.1) is 0 Å². The number of hydrogen-bond donors (Lipinski definition) is 2. The van der Waals surface area contributed by atoms with Gasteiger partial charge in [0.2, 0.25) is 5.82 Å². The molecular weight excluding hydrogens is 382 g/mol. The lowest BCUT2D eigenvalue weighted by molar-refractivity contribution is 0.0551. The molecule has 0 bridgehead atoms. The summed E-state index contributed by atoms with van der Waals surface area (Å²) in [7, 11) is 0. The lowest BCUT2D eigenvalue weighted by Gasteiger charge is -2.24. The van der Waals surface area contributed by atoms with E-state index in [1.54, 1.807) is 24.3 Å². The molecule has 0 unspecified atom stereocenters. The third-order valence-electron chi connectivity index (χ3n) is 3.49. The van der Waals surface area contributed by atoms with Crippen LogP contribution in [0.4, 0.5) is 25.8 Å². The Morgan fingerprint density at radius 3 is 2.15 bits per heavy atom. The normalized spacial score (nSPS) is 12.4. The first-order valence-corrected chi connectivity index (χ1v) is 8.23. The van der Waals surface area contributed by atoms with Crippen molar-refractivity contribution in [1.29, 1.82) is 0 Å². The maximum Gasteiger partial charge on any atom is 0.400 e. The molecule has 1 heterocycles. The van der Waals surface area contributed by atoms with Crippen LogP contribution in [0.3, 0.4) is 0 Å². The topological polar surface area (TPSA) is 97.1 Å². The first-order valence-electron chi connectivity index (χ1n) is 7.85. The molecule has 7 nitrogen and oxygen atoms in total. The molecule has 27 heavy (non-hydrogen) atoms. The highest BCUT2D eigenvalue weighted by atomic mass is 35.5. The number of halogens is 3. The number of nitrogens with one attached hydrogen (secondary N) is 2. The maximum atomic E-state index is 12.9. The zero-order valence-electron chi connectivity index (χ0n) is 14.6.